The van der Waals surface area contributed by atoms with Crippen LogP contribution < -0.4 is 11.1 Å². The maximum atomic E-state index is 12.0. The Balaban J connectivity index is 2.08. The standard InChI is InChI=1S/C13H21N3O6/c1-5(2)9(14)12(19)15-10(11(18)13(20)21)6-4-16-7(17)3-8(16)22-6/h5-6,8-11,18H,3-4,14H2,1-2H3,(H,15,19)(H,20,21). The number of hydrogen-bond acceptors (Lipinski definition) is 6. The second-order valence-corrected chi connectivity index (χ2v) is 5.97. The Morgan fingerprint density at radius 2 is 2.09 bits per heavy atom. The number of nitrogens with two attached hydrogens (primary N) is 1. The van der Waals surface area contributed by atoms with Crippen LogP contribution in [0.2, 0.25) is 0 Å². The molecule has 0 aliphatic carbocycles. The van der Waals surface area contributed by atoms with Gasteiger partial charge in [0.1, 0.15) is 12.3 Å². The third-order valence-corrected chi connectivity index (χ3v) is 4.05. The number of carbonyl (C=O) groups is 3. The van der Waals surface area contributed by atoms with Crippen molar-refractivity contribution >= 4 is 17.8 Å². The lowest BCUT2D eigenvalue weighted by Gasteiger charge is -2.31. The van der Waals surface area contributed by atoms with Crippen LogP contribution in [0.3, 0.4) is 0 Å². The van der Waals surface area contributed by atoms with Crippen molar-refractivity contribution in [3.8, 4) is 0 Å². The van der Waals surface area contributed by atoms with Gasteiger partial charge in [-0.15, -0.1) is 0 Å². The van der Waals surface area contributed by atoms with Gasteiger partial charge in [-0.3, -0.25) is 9.59 Å². The van der Waals surface area contributed by atoms with E-state index in [1.54, 1.807) is 13.8 Å². The molecule has 9 heteroatoms. The molecule has 2 aliphatic rings. The van der Waals surface area contributed by atoms with Crippen molar-refractivity contribution in [2.24, 2.45) is 11.7 Å². The molecule has 9 nitrogen and oxygen atoms in total. The highest BCUT2D eigenvalue weighted by molar-refractivity contribution is 5.84. The van der Waals surface area contributed by atoms with Crippen LogP contribution in [0.5, 0.6) is 0 Å². The molecule has 0 saturated carbocycles. The second kappa shape index (κ2) is 6.19. The van der Waals surface area contributed by atoms with Gasteiger partial charge < -0.3 is 30.9 Å². The van der Waals surface area contributed by atoms with E-state index in [-0.39, 0.29) is 24.8 Å². The van der Waals surface area contributed by atoms with Crippen molar-refractivity contribution in [1.82, 2.24) is 10.2 Å². The summed E-state index contributed by atoms with van der Waals surface area (Å²) in [6.45, 7) is 3.64. The summed E-state index contributed by atoms with van der Waals surface area (Å²) >= 11 is 0. The number of aliphatic carboxylic acids is 1. The number of rotatable bonds is 6. The third-order valence-electron chi connectivity index (χ3n) is 4.05. The van der Waals surface area contributed by atoms with Gasteiger partial charge in [-0.2, -0.15) is 0 Å². The second-order valence-electron chi connectivity index (χ2n) is 5.97. The zero-order valence-electron chi connectivity index (χ0n) is 12.4. The molecular weight excluding hydrogens is 294 g/mol. The minimum atomic E-state index is -1.85. The van der Waals surface area contributed by atoms with Crippen molar-refractivity contribution in [3.05, 3.63) is 0 Å². The van der Waals surface area contributed by atoms with E-state index in [1.165, 1.54) is 4.90 Å². The number of amides is 2. The Morgan fingerprint density at radius 3 is 2.55 bits per heavy atom. The number of nitrogens with one attached hydrogen (secondary N) is 1. The van der Waals surface area contributed by atoms with Crippen LogP contribution in [-0.4, -0.2) is 70.0 Å². The quantitative estimate of drug-likeness (QED) is 0.410. The van der Waals surface area contributed by atoms with Gasteiger partial charge in [0.15, 0.2) is 6.10 Å². The molecule has 5 atom stereocenters. The molecule has 22 heavy (non-hydrogen) atoms. The molecule has 2 saturated heterocycles. The summed E-state index contributed by atoms with van der Waals surface area (Å²) in [6, 6.07) is -2.00. The van der Waals surface area contributed by atoms with E-state index in [4.69, 9.17) is 15.6 Å². The van der Waals surface area contributed by atoms with Gasteiger partial charge in [0.2, 0.25) is 11.8 Å². The van der Waals surface area contributed by atoms with Crippen LogP contribution in [0.1, 0.15) is 20.3 Å². The topological polar surface area (TPSA) is 142 Å². The number of β-lactam (4-membered cyclic amide) rings is 1. The first-order chi connectivity index (χ1) is 10.2. The maximum Gasteiger partial charge on any atom is 0.334 e. The number of aliphatic hydroxyl groups is 1. The molecule has 2 amide bonds. The van der Waals surface area contributed by atoms with Crippen LogP contribution in [0.25, 0.3) is 0 Å². The fraction of sp³-hybridized carbons (Fsp3) is 0.769. The van der Waals surface area contributed by atoms with Crippen LogP contribution >= 0.6 is 0 Å². The van der Waals surface area contributed by atoms with Crippen LogP contribution in [-0.2, 0) is 19.1 Å². The Bertz CT molecular complexity index is 482. The fourth-order valence-corrected chi connectivity index (χ4v) is 2.49. The highest BCUT2D eigenvalue weighted by Crippen LogP contribution is 2.30. The van der Waals surface area contributed by atoms with Crippen molar-refractivity contribution in [3.63, 3.8) is 0 Å². The molecule has 0 bridgehead atoms. The minimum absolute atomic E-state index is 0.0960. The average molecular weight is 315 g/mol. The predicted molar refractivity (Wildman–Crippen MR) is 73.4 cm³/mol. The van der Waals surface area contributed by atoms with E-state index in [1.807, 2.05) is 0 Å². The lowest BCUT2D eigenvalue weighted by atomic mass is 10.0. The molecule has 2 fully saturated rings. The van der Waals surface area contributed by atoms with Gasteiger partial charge >= 0.3 is 5.97 Å². The molecule has 124 valence electrons. The van der Waals surface area contributed by atoms with E-state index >= 15 is 0 Å². The molecule has 0 aromatic rings. The number of carbonyl (C=O) groups excluding carboxylic acids is 2. The number of carboxylic acids is 1. The first kappa shape index (κ1) is 16.7. The zero-order valence-corrected chi connectivity index (χ0v) is 12.4. The predicted octanol–water partition coefficient (Wildman–Crippen LogP) is -2.14. The molecule has 5 N–H and O–H groups in total. The van der Waals surface area contributed by atoms with Gasteiger partial charge in [-0.1, -0.05) is 13.8 Å². The number of fused-ring (bicyclic) bond motifs is 1. The average Bonchev–Trinajstić information content (AvgIpc) is 2.79. The van der Waals surface area contributed by atoms with E-state index in [9.17, 15) is 19.5 Å². The van der Waals surface area contributed by atoms with Gasteiger partial charge in [0.05, 0.1) is 25.0 Å². The minimum Gasteiger partial charge on any atom is -0.479 e. The summed E-state index contributed by atoms with van der Waals surface area (Å²) in [6.07, 6.45) is -2.81. The van der Waals surface area contributed by atoms with Crippen molar-refractivity contribution in [2.45, 2.75) is 50.8 Å². The number of aliphatic hydroxyl groups excluding tert-OH is 1. The Morgan fingerprint density at radius 1 is 1.45 bits per heavy atom. The molecule has 5 unspecified atom stereocenters. The number of ether oxygens (including phenoxy) is 1. The first-order valence-corrected chi connectivity index (χ1v) is 7.14. The molecule has 2 rings (SSSR count). The zero-order chi connectivity index (χ0) is 16.6. The molecular formula is C13H21N3O6. The van der Waals surface area contributed by atoms with E-state index in [0.717, 1.165) is 0 Å². The summed E-state index contributed by atoms with van der Waals surface area (Å²) in [5.41, 5.74) is 5.73. The number of carboxylic acid groups (broad SMARTS) is 1. The maximum absolute atomic E-state index is 12.0. The fourth-order valence-electron chi connectivity index (χ4n) is 2.49. The van der Waals surface area contributed by atoms with Gasteiger partial charge in [-0.25, -0.2) is 4.79 Å². The lowest BCUT2D eigenvalue weighted by molar-refractivity contribution is -0.160. The normalized spacial score (nSPS) is 27.9. The molecule has 2 aliphatic heterocycles. The molecule has 0 radical (unpaired) electrons. The summed E-state index contributed by atoms with van der Waals surface area (Å²) in [5.74, 6) is -2.29. The van der Waals surface area contributed by atoms with Crippen LogP contribution in [0, 0.1) is 5.92 Å². The summed E-state index contributed by atoms with van der Waals surface area (Å²) < 4.78 is 5.53. The molecule has 2 heterocycles. The lowest BCUT2D eigenvalue weighted by Crippen LogP contribution is -2.58. The van der Waals surface area contributed by atoms with E-state index < -0.39 is 42.4 Å². The molecule has 0 spiro atoms. The van der Waals surface area contributed by atoms with Gasteiger partial charge in [0, 0.05) is 0 Å². The molecule has 0 aromatic heterocycles. The van der Waals surface area contributed by atoms with Crippen LogP contribution in [0.15, 0.2) is 0 Å². The van der Waals surface area contributed by atoms with Crippen molar-refractivity contribution in [1.29, 1.82) is 0 Å². The SMILES string of the molecule is CC(C)C(N)C(=O)NC(C1CN2C(=O)CC2O1)C(O)C(=O)O. The number of nitrogens with zero attached hydrogens (tertiary/aromatic N) is 1. The van der Waals surface area contributed by atoms with Crippen molar-refractivity contribution < 1.29 is 29.3 Å². The Kier molecular flexibility index (Phi) is 4.69. The highest BCUT2D eigenvalue weighted by Gasteiger charge is 2.50. The van der Waals surface area contributed by atoms with E-state index in [0.29, 0.717) is 0 Å². The van der Waals surface area contributed by atoms with Gasteiger partial charge in [0.25, 0.3) is 0 Å². The Labute approximate surface area is 127 Å². The van der Waals surface area contributed by atoms with Crippen LogP contribution in [0.4, 0.5) is 0 Å². The highest BCUT2D eigenvalue weighted by atomic mass is 16.5. The molecule has 0 aromatic carbocycles. The third kappa shape index (κ3) is 3.06. The first-order valence-electron chi connectivity index (χ1n) is 7.14. The van der Waals surface area contributed by atoms with Crippen molar-refractivity contribution in [2.75, 3.05) is 6.54 Å². The summed E-state index contributed by atoms with van der Waals surface area (Å²) in [7, 11) is 0. The summed E-state index contributed by atoms with van der Waals surface area (Å²) in [4.78, 5) is 35.9. The summed E-state index contributed by atoms with van der Waals surface area (Å²) in [5, 5.41) is 21.3. The smallest absolute Gasteiger partial charge is 0.334 e. The van der Waals surface area contributed by atoms with E-state index in [2.05, 4.69) is 5.32 Å². The monoisotopic (exact) mass is 315 g/mol. The Hall–Kier alpha value is -1.71. The van der Waals surface area contributed by atoms with Gasteiger partial charge in [-0.05, 0) is 5.92 Å². The number of hydrogen-bond donors (Lipinski definition) is 4. The largest absolute Gasteiger partial charge is 0.479 e.